The number of aromatic nitrogens is 2. The zero-order valence-electron chi connectivity index (χ0n) is 14.9. The van der Waals surface area contributed by atoms with E-state index in [2.05, 4.69) is 20.9 Å². The smallest absolute Gasteiger partial charge is 0.226 e. The largest absolute Gasteiger partial charge is 0.344 e. The van der Waals surface area contributed by atoms with Gasteiger partial charge in [0.2, 0.25) is 5.91 Å². The summed E-state index contributed by atoms with van der Waals surface area (Å²) in [6.45, 7) is 1.60. The van der Waals surface area contributed by atoms with E-state index >= 15 is 0 Å². The van der Waals surface area contributed by atoms with Gasteiger partial charge in [-0.05, 0) is 32.1 Å². The molecule has 1 saturated heterocycles. The predicted octanol–water partition coefficient (Wildman–Crippen LogP) is 2.74. The number of hydrogen-bond acceptors (Lipinski definition) is 4. The lowest BCUT2D eigenvalue weighted by atomic mass is 9.97. The second-order valence-electron chi connectivity index (χ2n) is 7.22. The first-order valence-corrected chi connectivity index (χ1v) is 9.15. The van der Waals surface area contributed by atoms with E-state index in [9.17, 15) is 9.18 Å². The van der Waals surface area contributed by atoms with Crippen molar-refractivity contribution in [3.63, 3.8) is 0 Å². The maximum absolute atomic E-state index is 14.0. The van der Waals surface area contributed by atoms with Gasteiger partial charge in [-0.25, -0.2) is 14.4 Å². The van der Waals surface area contributed by atoms with Gasteiger partial charge < -0.3 is 4.90 Å². The molecular weight excluding hydrogens is 319 g/mol. The van der Waals surface area contributed by atoms with E-state index in [-0.39, 0.29) is 11.9 Å². The number of halogens is 1. The SMILES string of the molecule is CN(C[C@@H]1C[C@H](F)CN1Cc1cncnc1)C(=O)CC1=CCCCC1. The van der Waals surface area contributed by atoms with Crippen LogP contribution in [0.2, 0.25) is 0 Å². The van der Waals surface area contributed by atoms with E-state index in [1.807, 2.05) is 7.05 Å². The Hall–Kier alpha value is -1.82. The topological polar surface area (TPSA) is 49.3 Å². The summed E-state index contributed by atoms with van der Waals surface area (Å²) in [5.41, 5.74) is 2.24. The monoisotopic (exact) mass is 346 g/mol. The standard InChI is InChI=1S/C19H27FN4O/c1-23(19(25)7-15-5-3-2-4-6-15)13-18-8-17(20)12-24(18)11-16-9-21-14-22-10-16/h5,9-10,14,17-18H,2-4,6-8,11-13H2,1H3/t17-,18-/m0/s1. The Morgan fingerprint density at radius 2 is 2.16 bits per heavy atom. The first-order chi connectivity index (χ1) is 12.1. The van der Waals surface area contributed by atoms with Gasteiger partial charge in [-0.3, -0.25) is 9.69 Å². The first-order valence-electron chi connectivity index (χ1n) is 9.15. The van der Waals surface area contributed by atoms with E-state index in [1.165, 1.54) is 24.7 Å². The minimum absolute atomic E-state index is 0.0458. The summed E-state index contributed by atoms with van der Waals surface area (Å²) in [5.74, 6) is 0.137. The zero-order valence-corrected chi connectivity index (χ0v) is 14.9. The molecule has 0 saturated carbocycles. The van der Waals surface area contributed by atoms with Crippen molar-refractivity contribution in [3.05, 3.63) is 35.9 Å². The Morgan fingerprint density at radius 1 is 1.36 bits per heavy atom. The second-order valence-corrected chi connectivity index (χ2v) is 7.22. The highest BCUT2D eigenvalue weighted by Crippen LogP contribution is 2.24. The Morgan fingerprint density at radius 3 is 2.88 bits per heavy atom. The van der Waals surface area contributed by atoms with Crippen LogP contribution in [0.5, 0.6) is 0 Å². The van der Waals surface area contributed by atoms with Gasteiger partial charge in [0, 0.05) is 57.1 Å². The van der Waals surface area contributed by atoms with E-state index in [0.29, 0.717) is 32.5 Å². The van der Waals surface area contributed by atoms with Crippen LogP contribution in [0.3, 0.4) is 0 Å². The van der Waals surface area contributed by atoms with Gasteiger partial charge in [0.1, 0.15) is 12.5 Å². The van der Waals surface area contributed by atoms with Gasteiger partial charge in [-0.2, -0.15) is 0 Å². The maximum Gasteiger partial charge on any atom is 0.226 e. The molecule has 0 bridgehead atoms. The molecule has 2 atom stereocenters. The predicted molar refractivity (Wildman–Crippen MR) is 94.5 cm³/mol. The molecule has 3 rings (SSSR count). The van der Waals surface area contributed by atoms with Gasteiger partial charge in [0.05, 0.1) is 0 Å². The molecule has 1 fully saturated rings. The fourth-order valence-corrected chi connectivity index (χ4v) is 3.76. The number of likely N-dealkylation sites (N-methyl/N-ethyl adjacent to an activating group) is 1. The van der Waals surface area contributed by atoms with Gasteiger partial charge in [0.25, 0.3) is 0 Å². The van der Waals surface area contributed by atoms with E-state index in [4.69, 9.17) is 0 Å². The highest BCUT2D eigenvalue weighted by molar-refractivity contribution is 5.78. The number of nitrogens with zero attached hydrogens (tertiary/aromatic N) is 4. The molecule has 2 heterocycles. The van der Waals surface area contributed by atoms with Crippen molar-refractivity contribution in [3.8, 4) is 0 Å². The van der Waals surface area contributed by atoms with Crippen LogP contribution < -0.4 is 0 Å². The highest BCUT2D eigenvalue weighted by atomic mass is 19.1. The molecule has 1 aromatic heterocycles. The van der Waals surface area contributed by atoms with Crippen molar-refractivity contribution in [1.29, 1.82) is 0 Å². The summed E-state index contributed by atoms with van der Waals surface area (Å²) in [5, 5.41) is 0. The molecule has 1 aliphatic carbocycles. The summed E-state index contributed by atoms with van der Waals surface area (Å²) < 4.78 is 14.0. The average molecular weight is 346 g/mol. The van der Waals surface area contributed by atoms with Crippen molar-refractivity contribution in [1.82, 2.24) is 19.8 Å². The molecule has 0 spiro atoms. The number of hydrogen-bond donors (Lipinski definition) is 0. The van der Waals surface area contributed by atoms with Crippen LogP contribution in [0, 0.1) is 0 Å². The molecule has 1 aliphatic heterocycles. The molecule has 5 nitrogen and oxygen atoms in total. The fraction of sp³-hybridized carbons (Fsp3) is 0.632. The summed E-state index contributed by atoms with van der Waals surface area (Å²) in [4.78, 5) is 24.4. The van der Waals surface area contributed by atoms with Gasteiger partial charge in [-0.15, -0.1) is 0 Å². The second kappa shape index (κ2) is 8.52. The molecule has 0 aromatic carbocycles. The van der Waals surface area contributed by atoms with E-state index in [0.717, 1.165) is 18.4 Å². The molecule has 0 unspecified atom stereocenters. The summed E-state index contributed by atoms with van der Waals surface area (Å²) in [6, 6.07) is 0.0458. The number of alkyl halides is 1. The van der Waals surface area contributed by atoms with Crippen LogP contribution in [-0.2, 0) is 11.3 Å². The Bertz CT molecular complexity index is 607. The average Bonchev–Trinajstić information content (AvgIpc) is 2.95. The Balaban J connectivity index is 1.55. The van der Waals surface area contributed by atoms with Crippen molar-refractivity contribution in [2.75, 3.05) is 20.1 Å². The fourth-order valence-electron chi connectivity index (χ4n) is 3.76. The lowest BCUT2D eigenvalue weighted by molar-refractivity contribution is -0.129. The van der Waals surface area contributed by atoms with Gasteiger partial charge >= 0.3 is 0 Å². The number of carbonyl (C=O) groups excluding carboxylic acids is 1. The summed E-state index contributed by atoms with van der Waals surface area (Å²) in [6.07, 6.45) is 11.9. The van der Waals surface area contributed by atoms with Crippen LogP contribution in [0.4, 0.5) is 4.39 Å². The molecule has 1 aromatic rings. The van der Waals surface area contributed by atoms with Crippen molar-refractivity contribution in [2.45, 2.75) is 57.3 Å². The minimum atomic E-state index is -0.834. The van der Waals surface area contributed by atoms with Crippen molar-refractivity contribution >= 4 is 5.91 Å². The van der Waals surface area contributed by atoms with Crippen LogP contribution in [0.1, 0.15) is 44.1 Å². The third-order valence-electron chi connectivity index (χ3n) is 5.15. The third-order valence-corrected chi connectivity index (χ3v) is 5.15. The number of rotatable bonds is 6. The molecule has 25 heavy (non-hydrogen) atoms. The minimum Gasteiger partial charge on any atom is -0.344 e. The Kier molecular flexibility index (Phi) is 6.13. The van der Waals surface area contributed by atoms with Crippen molar-refractivity contribution in [2.24, 2.45) is 0 Å². The van der Waals surface area contributed by atoms with E-state index < -0.39 is 6.17 Å². The lowest BCUT2D eigenvalue weighted by Crippen LogP contribution is -2.41. The number of likely N-dealkylation sites (tertiary alicyclic amines) is 1. The summed E-state index contributed by atoms with van der Waals surface area (Å²) in [7, 11) is 1.83. The summed E-state index contributed by atoms with van der Waals surface area (Å²) >= 11 is 0. The highest BCUT2D eigenvalue weighted by Gasteiger charge is 2.33. The van der Waals surface area contributed by atoms with Crippen LogP contribution in [0.25, 0.3) is 0 Å². The van der Waals surface area contributed by atoms with Crippen LogP contribution >= 0.6 is 0 Å². The first kappa shape index (κ1) is 18.0. The Labute approximate surface area is 148 Å². The molecule has 0 radical (unpaired) electrons. The van der Waals surface area contributed by atoms with Gasteiger partial charge in [0.15, 0.2) is 0 Å². The normalized spacial score (nSPS) is 24.2. The quantitative estimate of drug-likeness (QED) is 0.743. The molecule has 0 N–H and O–H groups in total. The molecular formula is C19H27FN4O. The molecule has 6 heteroatoms. The van der Waals surface area contributed by atoms with E-state index in [1.54, 1.807) is 17.3 Å². The number of amides is 1. The van der Waals surface area contributed by atoms with Crippen LogP contribution in [-0.4, -0.2) is 58.0 Å². The number of allylic oxidation sites excluding steroid dienone is 1. The molecule has 1 amide bonds. The zero-order chi connectivity index (χ0) is 17.6. The van der Waals surface area contributed by atoms with Gasteiger partial charge in [-0.1, -0.05) is 11.6 Å². The number of carbonyl (C=O) groups is 1. The molecule has 136 valence electrons. The third kappa shape index (κ3) is 5.08. The van der Waals surface area contributed by atoms with Crippen molar-refractivity contribution < 1.29 is 9.18 Å². The maximum atomic E-state index is 14.0. The lowest BCUT2D eigenvalue weighted by Gasteiger charge is -2.28. The molecule has 2 aliphatic rings. The van der Waals surface area contributed by atoms with Crippen LogP contribution in [0.15, 0.2) is 30.4 Å².